The largest absolute Gasteiger partial charge is 0.493 e. The standard InChI is InChI=1S/C27H24F3NO5S/c1-34-21-14-9-17(15-22(21)35-2)24-26(25(33)36-3,18-7-5-4-6-8-18)37-16-23(32)31(24)20-12-10-19(11-13-20)27(28,29)30/h4-15,24H,16H2,1-3H3. The van der Waals surface area contributed by atoms with Crippen LogP contribution in [0.4, 0.5) is 18.9 Å². The molecule has 37 heavy (non-hydrogen) atoms. The van der Waals surface area contributed by atoms with Crippen LogP contribution in [0, 0.1) is 0 Å². The van der Waals surface area contributed by atoms with Gasteiger partial charge >= 0.3 is 12.1 Å². The van der Waals surface area contributed by atoms with Gasteiger partial charge in [-0.1, -0.05) is 36.4 Å². The number of anilines is 1. The maximum absolute atomic E-state index is 13.6. The minimum Gasteiger partial charge on any atom is -0.493 e. The van der Waals surface area contributed by atoms with Crippen LogP contribution in [0.2, 0.25) is 0 Å². The van der Waals surface area contributed by atoms with Gasteiger partial charge in [-0.25, -0.2) is 0 Å². The minimum absolute atomic E-state index is 0.102. The highest BCUT2D eigenvalue weighted by molar-refractivity contribution is 8.01. The van der Waals surface area contributed by atoms with E-state index in [4.69, 9.17) is 14.2 Å². The van der Waals surface area contributed by atoms with Crippen LogP contribution < -0.4 is 14.4 Å². The molecule has 0 N–H and O–H groups in total. The molecule has 1 aliphatic rings. The van der Waals surface area contributed by atoms with Crippen molar-refractivity contribution in [2.45, 2.75) is 17.0 Å². The number of carbonyl (C=O) groups is 2. The number of alkyl halides is 3. The lowest BCUT2D eigenvalue weighted by molar-refractivity contribution is -0.145. The Balaban J connectivity index is 2.00. The van der Waals surface area contributed by atoms with Crippen molar-refractivity contribution in [3.05, 3.63) is 89.5 Å². The molecule has 2 unspecified atom stereocenters. The second kappa shape index (κ2) is 10.4. The zero-order valence-electron chi connectivity index (χ0n) is 20.2. The Hall–Kier alpha value is -3.66. The molecule has 3 aromatic carbocycles. The minimum atomic E-state index is -4.54. The van der Waals surface area contributed by atoms with Crippen molar-refractivity contribution in [1.82, 2.24) is 0 Å². The molecular weight excluding hydrogens is 507 g/mol. The van der Waals surface area contributed by atoms with E-state index in [-0.39, 0.29) is 17.3 Å². The molecule has 1 fully saturated rings. The first-order valence-electron chi connectivity index (χ1n) is 11.2. The average Bonchev–Trinajstić information content (AvgIpc) is 2.92. The Morgan fingerprint density at radius 3 is 2.16 bits per heavy atom. The molecule has 1 aliphatic heterocycles. The molecule has 0 spiro atoms. The zero-order valence-corrected chi connectivity index (χ0v) is 21.1. The van der Waals surface area contributed by atoms with Crippen molar-refractivity contribution in [2.75, 3.05) is 32.0 Å². The van der Waals surface area contributed by atoms with E-state index in [1.54, 1.807) is 48.5 Å². The number of nitrogens with zero attached hydrogens (tertiary/aromatic N) is 1. The summed E-state index contributed by atoms with van der Waals surface area (Å²) in [6.07, 6.45) is -4.54. The second-order valence-corrected chi connectivity index (χ2v) is 9.43. The molecule has 0 radical (unpaired) electrons. The third kappa shape index (κ3) is 4.73. The summed E-state index contributed by atoms with van der Waals surface area (Å²) in [5.74, 6) is -0.282. The van der Waals surface area contributed by atoms with Crippen LogP contribution in [0.15, 0.2) is 72.8 Å². The third-order valence-electron chi connectivity index (χ3n) is 6.22. The molecule has 1 amide bonds. The Labute approximate surface area is 216 Å². The monoisotopic (exact) mass is 531 g/mol. The number of hydrogen-bond donors (Lipinski definition) is 0. The fourth-order valence-corrected chi connectivity index (χ4v) is 5.92. The average molecular weight is 532 g/mol. The van der Waals surface area contributed by atoms with E-state index in [1.807, 2.05) is 0 Å². The highest BCUT2D eigenvalue weighted by Crippen LogP contribution is 2.55. The number of rotatable bonds is 6. The molecule has 6 nitrogen and oxygen atoms in total. The second-order valence-electron chi connectivity index (χ2n) is 8.21. The fraction of sp³-hybridized carbons (Fsp3) is 0.259. The van der Waals surface area contributed by atoms with Gasteiger partial charge in [0.2, 0.25) is 5.91 Å². The summed E-state index contributed by atoms with van der Waals surface area (Å²) in [5.41, 5.74) is 0.450. The van der Waals surface area contributed by atoms with Gasteiger partial charge in [0.05, 0.1) is 38.7 Å². The first-order valence-corrected chi connectivity index (χ1v) is 12.1. The van der Waals surface area contributed by atoms with E-state index in [0.717, 1.165) is 23.9 Å². The molecule has 0 saturated carbocycles. The van der Waals surface area contributed by atoms with Crippen molar-refractivity contribution < 1.29 is 37.0 Å². The molecule has 3 aromatic rings. The Morgan fingerprint density at radius 1 is 0.946 bits per heavy atom. The molecule has 4 rings (SSSR count). The number of halogens is 3. The van der Waals surface area contributed by atoms with Gasteiger partial charge in [0.15, 0.2) is 16.2 Å². The van der Waals surface area contributed by atoms with Crippen LogP contribution in [0.25, 0.3) is 0 Å². The fourth-order valence-electron chi connectivity index (χ4n) is 4.53. The van der Waals surface area contributed by atoms with Gasteiger partial charge in [-0.3, -0.25) is 9.59 Å². The highest BCUT2D eigenvalue weighted by Gasteiger charge is 2.57. The number of methoxy groups -OCH3 is 3. The van der Waals surface area contributed by atoms with Gasteiger partial charge in [-0.2, -0.15) is 13.2 Å². The topological polar surface area (TPSA) is 65.1 Å². The Bertz CT molecular complexity index is 1280. The molecule has 0 bridgehead atoms. The van der Waals surface area contributed by atoms with E-state index in [2.05, 4.69) is 0 Å². The predicted molar refractivity (Wildman–Crippen MR) is 134 cm³/mol. The lowest BCUT2D eigenvalue weighted by Gasteiger charge is -2.47. The van der Waals surface area contributed by atoms with E-state index in [0.29, 0.717) is 22.6 Å². The molecule has 1 saturated heterocycles. The van der Waals surface area contributed by atoms with Crippen LogP contribution in [0.3, 0.4) is 0 Å². The zero-order chi connectivity index (χ0) is 26.8. The lowest BCUT2D eigenvalue weighted by Crippen LogP contribution is -2.55. The van der Waals surface area contributed by atoms with Crippen molar-refractivity contribution in [1.29, 1.82) is 0 Å². The molecule has 10 heteroatoms. The van der Waals surface area contributed by atoms with Crippen molar-refractivity contribution in [3.8, 4) is 11.5 Å². The summed E-state index contributed by atoms with van der Waals surface area (Å²) in [6.45, 7) is 0. The molecule has 194 valence electrons. The lowest BCUT2D eigenvalue weighted by atomic mass is 9.83. The number of thioether (sulfide) groups is 1. The number of carbonyl (C=O) groups excluding carboxylic acids is 2. The summed E-state index contributed by atoms with van der Waals surface area (Å²) >= 11 is 1.12. The summed E-state index contributed by atoms with van der Waals surface area (Å²) < 4.78 is 54.4. The van der Waals surface area contributed by atoms with E-state index < -0.39 is 28.5 Å². The summed E-state index contributed by atoms with van der Waals surface area (Å²) in [4.78, 5) is 28.4. The molecule has 0 aromatic heterocycles. The van der Waals surface area contributed by atoms with Gasteiger partial charge < -0.3 is 19.1 Å². The van der Waals surface area contributed by atoms with Crippen LogP contribution in [0.1, 0.15) is 22.7 Å². The number of amides is 1. The molecular formula is C27H24F3NO5S. The first kappa shape index (κ1) is 26.4. The van der Waals surface area contributed by atoms with Crippen LogP contribution in [-0.2, 0) is 25.2 Å². The van der Waals surface area contributed by atoms with Crippen molar-refractivity contribution >= 4 is 29.3 Å². The van der Waals surface area contributed by atoms with Gasteiger partial charge in [-0.05, 0) is 47.5 Å². The Kier molecular flexibility index (Phi) is 7.40. The third-order valence-corrected chi connectivity index (χ3v) is 7.69. The quantitative estimate of drug-likeness (QED) is 0.385. The predicted octanol–water partition coefficient (Wildman–Crippen LogP) is 5.61. The van der Waals surface area contributed by atoms with Crippen molar-refractivity contribution in [3.63, 3.8) is 0 Å². The normalized spacial score (nSPS) is 19.9. The number of hydrogen-bond acceptors (Lipinski definition) is 6. The number of benzene rings is 3. The first-order chi connectivity index (χ1) is 17.7. The Morgan fingerprint density at radius 2 is 1.59 bits per heavy atom. The summed E-state index contributed by atoms with van der Waals surface area (Å²) in [5, 5.41) is 0. The number of esters is 1. The summed E-state index contributed by atoms with van der Waals surface area (Å²) in [7, 11) is 4.20. The molecule has 1 heterocycles. The van der Waals surface area contributed by atoms with E-state index in [1.165, 1.54) is 38.4 Å². The van der Waals surface area contributed by atoms with Crippen LogP contribution >= 0.6 is 11.8 Å². The summed E-state index contributed by atoms with van der Waals surface area (Å²) in [6, 6.07) is 17.2. The van der Waals surface area contributed by atoms with E-state index in [9.17, 15) is 22.8 Å². The van der Waals surface area contributed by atoms with Gasteiger partial charge in [-0.15, -0.1) is 11.8 Å². The highest BCUT2D eigenvalue weighted by atomic mass is 32.2. The maximum atomic E-state index is 13.6. The van der Waals surface area contributed by atoms with Gasteiger partial charge in [0.25, 0.3) is 0 Å². The molecule has 2 atom stereocenters. The van der Waals surface area contributed by atoms with E-state index >= 15 is 0 Å². The van der Waals surface area contributed by atoms with Gasteiger partial charge in [0.1, 0.15) is 0 Å². The smallest absolute Gasteiger partial charge is 0.416 e. The SMILES string of the molecule is COC(=O)C1(c2ccccc2)SCC(=O)N(c2ccc(C(F)(F)F)cc2)C1c1ccc(OC)c(OC)c1. The molecule has 0 aliphatic carbocycles. The maximum Gasteiger partial charge on any atom is 0.416 e. The van der Waals surface area contributed by atoms with Crippen LogP contribution in [-0.4, -0.2) is 39.0 Å². The van der Waals surface area contributed by atoms with Gasteiger partial charge in [0, 0.05) is 5.69 Å². The number of ether oxygens (including phenoxy) is 3. The van der Waals surface area contributed by atoms with Crippen LogP contribution in [0.5, 0.6) is 11.5 Å². The van der Waals surface area contributed by atoms with Crippen molar-refractivity contribution in [2.24, 2.45) is 0 Å².